The number of rotatable bonds is 11. The first-order valence-electron chi connectivity index (χ1n) is 11.0. The molecular weight excluding hydrogens is 528 g/mol. The van der Waals surface area contributed by atoms with Crippen LogP contribution in [-0.4, -0.2) is 53.4 Å². The van der Waals surface area contributed by atoms with Crippen LogP contribution in [0.15, 0.2) is 41.7 Å². The predicted octanol–water partition coefficient (Wildman–Crippen LogP) is 5.20. The molecule has 9 nitrogen and oxygen atoms in total. The molecule has 3 aromatic rings. The molecule has 1 amide bonds. The number of esters is 2. The molecule has 0 unspecified atom stereocenters. The number of carbonyl (C=O) groups is 3. The molecule has 3 rings (SSSR count). The van der Waals surface area contributed by atoms with Gasteiger partial charge in [0.15, 0.2) is 5.16 Å². The van der Waals surface area contributed by atoms with Crippen molar-refractivity contribution in [1.82, 2.24) is 9.97 Å². The lowest BCUT2D eigenvalue weighted by Gasteiger charge is -2.08. The Balaban J connectivity index is 1.71. The molecule has 0 spiro atoms. The maximum Gasteiger partial charge on any atom is 0.387 e. The number of thiophene rings is 1. The first-order chi connectivity index (χ1) is 17.7. The number of aromatic nitrogens is 2. The van der Waals surface area contributed by atoms with Gasteiger partial charge in [0.1, 0.15) is 15.6 Å². The van der Waals surface area contributed by atoms with Crippen molar-refractivity contribution in [3.05, 3.63) is 52.5 Å². The maximum absolute atomic E-state index is 12.7. The van der Waals surface area contributed by atoms with Crippen molar-refractivity contribution in [1.29, 1.82) is 0 Å². The fraction of sp³-hybridized carbons (Fsp3) is 0.292. The van der Waals surface area contributed by atoms with Crippen molar-refractivity contribution in [2.24, 2.45) is 0 Å². The summed E-state index contributed by atoms with van der Waals surface area (Å²) < 4.78 is 39.2. The fourth-order valence-corrected chi connectivity index (χ4v) is 4.85. The summed E-state index contributed by atoms with van der Waals surface area (Å²) >= 11 is 1.99. The van der Waals surface area contributed by atoms with Crippen LogP contribution in [0.5, 0.6) is 5.75 Å². The first-order valence-corrected chi connectivity index (χ1v) is 12.8. The van der Waals surface area contributed by atoms with Gasteiger partial charge in [0, 0.05) is 11.8 Å². The lowest BCUT2D eigenvalue weighted by molar-refractivity contribution is -0.113. The SMILES string of the molecule is CCOC(=O)c1sc(NC(=O)CSc2nccc(-c3ccc(OC(F)F)cc3)n2)c(C(=O)OCC)c1C. The summed E-state index contributed by atoms with van der Waals surface area (Å²) in [7, 11) is 0. The van der Waals surface area contributed by atoms with E-state index < -0.39 is 24.5 Å². The quantitative estimate of drug-likeness (QED) is 0.195. The van der Waals surface area contributed by atoms with Crippen LogP contribution in [-0.2, 0) is 14.3 Å². The summed E-state index contributed by atoms with van der Waals surface area (Å²) in [6.45, 7) is 2.28. The van der Waals surface area contributed by atoms with Gasteiger partial charge in [0.2, 0.25) is 5.91 Å². The highest BCUT2D eigenvalue weighted by Gasteiger charge is 2.27. The second-order valence-electron chi connectivity index (χ2n) is 7.17. The zero-order chi connectivity index (χ0) is 26.9. The molecular formula is C24H23F2N3O6S2. The molecule has 2 aromatic heterocycles. The summed E-state index contributed by atoms with van der Waals surface area (Å²) in [5.41, 5.74) is 1.64. The highest BCUT2D eigenvalue weighted by Crippen LogP contribution is 2.34. The number of ether oxygens (including phenoxy) is 3. The van der Waals surface area contributed by atoms with Gasteiger partial charge in [-0.15, -0.1) is 11.3 Å². The third-order valence-electron chi connectivity index (χ3n) is 4.68. The van der Waals surface area contributed by atoms with Crippen molar-refractivity contribution in [3.63, 3.8) is 0 Å². The second-order valence-corrected chi connectivity index (χ2v) is 9.13. The Morgan fingerprint density at radius 1 is 1.05 bits per heavy atom. The molecule has 0 saturated heterocycles. The Kier molecular flexibility index (Phi) is 9.92. The van der Waals surface area contributed by atoms with Crippen molar-refractivity contribution in [2.45, 2.75) is 32.5 Å². The first kappa shape index (κ1) is 28.0. The number of hydrogen-bond acceptors (Lipinski definition) is 10. The smallest absolute Gasteiger partial charge is 0.387 e. The van der Waals surface area contributed by atoms with Crippen LogP contribution >= 0.6 is 23.1 Å². The Hall–Kier alpha value is -3.58. The Morgan fingerprint density at radius 2 is 1.73 bits per heavy atom. The maximum atomic E-state index is 12.7. The van der Waals surface area contributed by atoms with E-state index in [1.54, 1.807) is 39.0 Å². The molecule has 0 bridgehead atoms. The van der Waals surface area contributed by atoms with Crippen LogP contribution in [0.4, 0.5) is 13.8 Å². The number of anilines is 1. The molecule has 0 radical (unpaired) electrons. The minimum Gasteiger partial charge on any atom is -0.462 e. The van der Waals surface area contributed by atoms with Crippen LogP contribution in [0.2, 0.25) is 0 Å². The fourth-order valence-electron chi connectivity index (χ4n) is 3.11. The van der Waals surface area contributed by atoms with Gasteiger partial charge in [-0.3, -0.25) is 4.79 Å². The van der Waals surface area contributed by atoms with Crippen molar-refractivity contribution in [3.8, 4) is 17.0 Å². The van der Waals surface area contributed by atoms with Crippen LogP contribution in [0.1, 0.15) is 39.4 Å². The van der Waals surface area contributed by atoms with E-state index in [1.807, 2.05) is 0 Å². The van der Waals surface area contributed by atoms with Gasteiger partial charge in [-0.2, -0.15) is 8.78 Å². The largest absolute Gasteiger partial charge is 0.462 e. The topological polar surface area (TPSA) is 117 Å². The summed E-state index contributed by atoms with van der Waals surface area (Å²) in [5, 5.41) is 3.16. The number of alkyl halides is 2. The monoisotopic (exact) mass is 551 g/mol. The number of benzene rings is 1. The van der Waals surface area contributed by atoms with E-state index >= 15 is 0 Å². The normalized spacial score (nSPS) is 10.8. The molecule has 2 heterocycles. The van der Waals surface area contributed by atoms with E-state index in [1.165, 1.54) is 18.3 Å². The van der Waals surface area contributed by atoms with Crippen LogP contribution in [0, 0.1) is 6.92 Å². The van der Waals surface area contributed by atoms with Gasteiger partial charge in [-0.1, -0.05) is 11.8 Å². The summed E-state index contributed by atoms with van der Waals surface area (Å²) in [6.07, 6.45) is 1.51. The summed E-state index contributed by atoms with van der Waals surface area (Å²) in [4.78, 5) is 46.2. The lowest BCUT2D eigenvalue weighted by Crippen LogP contribution is -2.16. The molecule has 1 N–H and O–H groups in total. The van der Waals surface area contributed by atoms with Gasteiger partial charge >= 0.3 is 18.6 Å². The highest BCUT2D eigenvalue weighted by molar-refractivity contribution is 7.99. The molecule has 0 aliphatic heterocycles. The van der Waals surface area contributed by atoms with Crippen molar-refractivity contribution >= 4 is 45.9 Å². The van der Waals surface area contributed by atoms with E-state index in [4.69, 9.17) is 9.47 Å². The minimum absolute atomic E-state index is 0.0243. The molecule has 0 fully saturated rings. The van der Waals surface area contributed by atoms with Gasteiger partial charge in [0.25, 0.3) is 0 Å². The number of carbonyl (C=O) groups excluding carboxylic acids is 3. The van der Waals surface area contributed by atoms with E-state index in [0.29, 0.717) is 22.0 Å². The predicted molar refractivity (Wildman–Crippen MR) is 134 cm³/mol. The molecule has 37 heavy (non-hydrogen) atoms. The highest BCUT2D eigenvalue weighted by atomic mass is 32.2. The number of hydrogen-bond donors (Lipinski definition) is 1. The number of thioether (sulfide) groups is 1. The van der Waals surface area contributed by atoms with E-state index in [-0.39, 0.29) is 40.2 Å². The summed E-state index contributed by atoms with van der Waals surface area (Å²) in [5.74, 6) is -1.76. The zero-order valence-corrected chi connectivity index (χ0v) is 21.7. The molecule has 0 aliphatic rings. The van der Waals surface area contributed by atoms with Crippen LogP contribution < -0.4 is 10.1 Å². The standard InChI is InChI=1S/C24H23F2N3O6S2/c1-4-33-21(31)18-13(3)19(22(32)34-5-2)37-20(18)29-17(30)12-36-24-27-11-10-16(28-24)14-6-8-15(9-7-14)35-23(25)26/h6-11,23H,4-5,12H2,1-3H3,(H,29,30). The van der Waals surface area contributed by atoms with Gasteiger partial charge < -0.3 is 19.5 Å². The van der Waals surface area contributed by atoms with Gasteiger partial charge in [-0.25, -0.2) is 19.6 Å². The van der Waals surface area contributed by atoms with E-state index in [0.717, 1.165) is 23.1 Å². The second kappa shape index (κ2) is 13.1. The van der Waals surface area contributed by atoms with Crippen molar-refractivity contribution in [2.75, 3.05) is 24.3 Å². The Morgan fingerprint density at radius 3 is 2.38 bits per heavy atom. The Labute approximate surface area is 219 Å². The number of nitrogens with zero attached hydrogens (tertiary/aromatic N) is 2. The zero-order valence-electron chi connectivity index (χ0n) is 20.1. The third kappa shape index (κ3) is 7.46. The summed E-state index contributed by atoms with van der Waals surface area (Å²) in [6, 6.07) is 7.61. The third-order valence-corrected chi connectivity index (χ3v) is 6.73. The average molecular weight is 552 g/mol. The molecule has 1 aromatic carbocycles. The van der Waals surface area contributed by atoms with Crippen LogP contribution in [0.25, 0.3) is 11.3 Å². The number of nitrogens with one attached hydrogen (secondary N) is 1. The minimum atomic E-state index is -2.91. The molecule has 0 aliphatic carbocycles. The average Bonchev–Trinajstić information content (AvgIpc) is 3.19. The molecule has 13 heteroatoms. The van der Waals surface area contributed by atoms with Crippen LogP contribution in [0.3, 0.4) is 0 Å². The van der Waals surface area contributed by atoms with E-state index in [9.17, 15) is 23.2 Å². The molecule has 196 valence electrons. The van der Waals surface area contributed by atoms with Gasteiger partial charge in [-0.05, 0) is 56.7 Å². The number of halogens is 2. The lowest BCUT2D eigenvalue weighted by atomic mass is 10.1. The Bertz CT molecular complexity index is 1270. The molecule has 0 atom stereocenters. The van der Waals surface area contributed by atoms with Gasteiger partial charge in [0.05, 0.1) is 30.2 Å². The number of amides is 1. The van der Waals surface area contributed by atoms with E-state index in [2.05, 4.69) is 20.0 Å². The van der Waals surface area contributed by atoms with Crippen molar-refractivity contribution < 1.29 is 37.4 Å². The molecule has 0 saturated carbocycles.